The second-order valence-electron chi connectivity index (χ2n) is 2.66. The van der Waals surface area contributed by atoms with Gasteiger partial charge in [0.1, 0.15) is 5.40 Å². The first-order chi connectivity index (χ1) is 6.79. The first kappa shape index (κ1) is 10.9. The molecule has 0 saturated heterocycles. The highest BCUT2D eigenvalue weighted by Crippen LogP contribution is 2.26. The minimum Gasteiger partial charge on any atom is -0.228 e. The van der Waals surface area contributed by atoms with Crippen LogP contribution < -0.4 is 0 Å². The summed E-state index contributed by atoms with van der Waals surface area (Å²) in [4.78, 5) is 4.84. The smallest absolute Gasteiger partial charge is 0.138 e. The molecule has 14 heavy (non-hydrogen) atoms. The maximum absolute atomic E-state index is 8.64. The highest BCUT2D eigenvalue weighted by Gasteiger charge is 2.04. The standard InChI is InChI=1S/C10H8N2S2/c1-8-3-2-4-9(5-12-7-13)10(8)14-6-11/h2-4H,5H2,1H3. The summed E-state index contributed by atoms with van der Waals surface area (Å²) in [6.07, 6.45) is 0. The summed E-state index contributed by atoms with van der Waals surface area (Å²) >= 11 is 5.67. The number of nitrogens with zero attached hydrogens (tertiary/aromatic N) is 2. The van der Waals surface area contributed by atoms with Crippen molar-refractivity contribution in [2.45, 2.75) is 18.4 Å². The second kappa shape index (κ2) is 5.56. The summed E-state index contributed by atoms with van der Waals surface area (Å²) in [5.41, 5.74) is 2.11. The largest absolute Gasteiger partial charge is 0.228 e. The molecule has 0 N–H and O–H groups in total. The first-order valence-corrected chi connectivity index (χ1v) is 5.20. The third-order valence-corrected chi connectivity index (χ3v) is 2.76. The molecule has 4 heteroatoms. The molecule has 0 saturated carbocycles. The van der Waals surface area contributed by atoms with Gasteiger partial charge < -0.3 is 0 Å². The van der Waals surface area contributed by atoms with E-state index in [4.69, 9.17) is 5.26 Å². The average molecular weight is 220 g/mol. The quantitative estimate of drug-likeness (QED) is 0.340. The molecule has 0 amide bonds. The Labute approximate surface area is 92.7 Å². The highest BCUT2D eigenvalue weighted by molar-refractivity contribution is 8.03. The van der Waals surface area contributed by atoms with Crippen molar-refractivity contribution >= 4 is 29.1 Å². The maximum Gasteiger partial charge on any atom is 0.138 e. The summed E-state index contributed by atoms with van der Waals surface area (Å²) in [6, 6.07) is 5.87. The first-order valence-electron chi connectivity index (χ1n) is 3.97. The van der Waals surface area contributed by atoms with Crippen molar-refractivity contribution in [3.05, 3.63) is 29.3 Å². The molecule has 0 radical (unpaired) electrons. The molecule has 1 aromatic carbocycles. The molecule has 0 spiro atoms. The van der Waals surface area contributed by atoms with Gasteiger partial charge >= 0.3 is 0 Å². The number of hydrogen-bond acceptors (Lipinski definition) is 4. The Balaban J connectivity index is 3.08. The summed E-state index contributed by atoms with van der Waals surface area (Å²) in [5, 5.41) is 13.0. The summed E-state index contributed by atoms with van der Waals surface area (Å²) in [7, 11) is 0. The molecule has 0 aliphatic carbocycles. The van der Waals surface area contributed by atoms with Crippen LogP contribution in [0.2, 0.25) is 0 Å². The molecule has 2 nitrogen and oxygen atoms in total. The fraction of sp³-hybridized carbons (Fsp3) is 0.200. The predicted molar refractivity (Wildman–Crippen MR) is 61.4 cm³/mol. The number of thioether (sulfide) groups is 1. The number of thiocarbonyl (C=S) groups is 1. The van der Waals surface area contributed by atoms with Crippen molar-refractivity contribution in [3.63, 3.8) is 0 Å². The fourth-order valence-corrected chi connectivity index (χ4v) is 1.80. The molecule has 70 valence electrons. The number of rotatable bonds is 3. The minimum atomic E-state index is 0.495. The monoisotopic (exact) mass is 220 g/mol. The van der Waals surface area contributed by atoms with Crippen LogP contribution in [0.3, 0.4) is 0 Å². The number of isothiocyanates is 1. The Kier molecular flexibility index (Phi) is 4.34. The van der Waals surface area contributed by atoms with E-state index in [0.29, 0.717) is 6.54 Å². The van der Waals surface area contributed by atoms with Gasteiger partial charge in [-0.3, -0.25) is 0 Å². The topological polar surface area (TPSA) is 36.1 Å². The Morgan fingerprint density at radius 1 is 1.57 bits per heavy atom. The van der Waals surface area contributed by atoms with Crippen LogP contribution in [0.5, 0.6) is 0 Å². The molecule has 0 aliphatic heterocycles. The lowest BCUT2D eigenvalue weighted by Gasteiger charge is -2.05. The van der Waals surface area contributed by atoms with Crippen LogP contribution in [0, 0.1) is 17.6 Å². The molecule has 0 heterocycles. The van der Waals surface area contributed by atoms with Crippen molar-refractivity contribution < 1.29 is 0 Å². The number of thiocyanates is 1. The van der Waals surface area contributed by atoms with Crippen LogP contribution in [0.1, 0.15) is 11.1 Å². The van der Waals surface area contributed by atoms with E-state index in [1.54, 1.807) is 0 Å². The van der Waals surface area contributed by atoms with Crippen molar-refractivity contribution in [2.24, 2.45) is 4.99 Å². The van der Waals surface area contributed by atoms with Gasteiger partial charge in [0.2, 0.25) is 0 Å². The summed E-state index contributed by atoms with van der Waals surface area (Å²) in [5.74, 6) is 0. The van der Waals surface area contributed by atoms with Crippen molar-refractivity contribution in [2.75, 3.05) is 0 Å². The molecule has 0 fully saturated rings. The molecular weight excluding hydrogens is 212 g/mol. The molecule has 0 atom stereocenters. The van der Waals surface area contributed by atoms with E-state index < -0.39 is 0 Å². The normalized spacial score (nSPS) is 8.86. The van der Waals surface area contributed by atoms with E-state index in [9.17, 15) is 0 Å². The zero-order valence-electron chi connectivity index (χ0n) is 7.65. The van der Waals surface area contributed by atoms with Gasteiger partial charge in [0.15, 0.2) is 0 Å². The number of nitriles is 1. The molecule has 0 aromatic heterocycles. The van der Waals surface area contributed by atoms with Gasteiger partial charge in [-0.05, 0) is 42.0 Å². The van der Waals surface area contributed by atoms with E-state index in [1.807, 2.05) is 25.1 Å². The van der Waals surface area contributed by atoms with Crippen LogP contribution >= 0.6 is 24.0 Å². The maximum atomic E-state index is 8.64. The summed E-state index contributed by atoms with van der Waals surface area (Å²) < 4.78 is 0. The number of hydrogen-bond donors (Lipinski definition) is 0. The van der Waals surface area contributed by atoms with Gasteiger partial charge in [-0.15, -0.1) is 0 Å². The van der Waals surface area contributed by atoms with E-state index in [1.165, 1.54) is 0 Å². The van der Waals surface area contributed by atoms with E-state index in [-0.39, 0.29) is 0 Å². The molecular formula is C10H8N2S2. The molecule has 1 rings (SSSR count). The van der Waals surface area contributed by atoms with Crippen molar-refractivity contribution in [1.82, 2.24) is 0 Å². The lowest BCUT2D eigenvalue weighted by molar-refractivity contribution is 1.02. The number of aliphatic imine (C=N–C) groups is 1. The van der Waals surface area contributed by atoms with Gasteiger partial charge in [0.25, 0.3) is 0 Å². The molecule has 0 bridgehead atoms. The third kappa shape index (κ3) is 2.68. The molecule has 0 unspecified atom stereocenters. The van der Waals surface area contributed by atoms with Crippen LogP contribution in [0.25, 0.3) is 0 Å². The zero-order valence-corrected chi connectivity index (χ0v) is 9.28. The second-order valence-corrected chi connectivity index (χ2v) is 3.64. The Morgan fingerprint density at radius 2 is 2.36 bits per heavy atom. The predicted octanol–water partition coefficient (Wildman–Crippen LogP) is 3.17. The number of aryl methyl sites for hydroxylation is 1. The molecule has 0 aliphatic rings. The Morgan fingerprint density at radius 3 is 3.00 bits per heavy atom. The zero-order chi connectivity index (χ0) is 10.4. The average Bonchev–Trinajstić information content (AvgIpc) is 2.19. The fourth-order valence-electron chi connectivity index (χ4n) is 1.15. The van der Waals surface area contributed by atoms with Gasteiger partial charge in [-0.2, -0.15) is 5.26 Å². The van der Waals surface area contributed by atoms with Gasteiger partial charge in [0.05, 0.1) is 11.7 Å². The molecule has 1 aromatic rings. The van der Waals surface area contributed by atoms with Crippen LogP contribution in [-0.4, -0.2) is 5.16 Å². The third-order valence-electron chi connectivity index (χ3n) is 1.76. The van der Waals surface area contributed by atoms with Gasteiger partial charge in [-0.1, -0.05) is 18.2 Å². The Hall–Kier alpha value is -1.14. The van der Waals surface area contributed by atoms with E-state index in [2.05, 4.69) is 27.8 Å². The van der Waals surface area contributed by atoms with Crippen molar-refractivity contribution in [3.8, 4) is 5.40 Å². The lowest BCUT2D eigenvalue weighted by atomic mass is 10.1. The Bertz CT molecular complexity index is 415. The number of benzene rings is 1. The minimum absolute atomic E-state index is 0.495. The van der Waals surface area contributed by atoms with Crippen LogP contribution in [0.15, 0.2) is 28.1 Å². The van der Waals surface area contributed by atoms with Gasteiger partial charge in [-0.25, -0.2) is 4.99 Å². The lowest BCUT2D eigenvalue weighted by Crippen LogP contribution is -1.88. The highest BCUT2D eigenvalue weighted by atomic mass is 32.2. The van der Waals surface area contributed by atoms with Crippen LogP contribution in [-0.2, 0) is 6.54 Å². The van der Waals surface area contributed by atoms with Crippen LogP contribution in [0.4, 0.5) is 0 Å². The van der Waals surface area contributed by atoms with Gasteiger partial charge in [0, 0.05) is 4.90 Å². The SMILES string of the molecule is Cc1cccc(CN=C=S)c1SC#N. The summed E-state index contributed by atoms with van der Waals surface area (Å²) in [6.45, 7) is 2.47. The van der Waals surface area contributed by atoms with E-state index in [0.717, 1.165) is 27.8 Å². The van der Waals surface area contributed by atoms with E-state index >= 15 is 0 Å². The van der Waals surface area contributed by atoms with Crippen molar-refractivity contribution in [1.29, 1.82) is 5.26 Å².